The third-order valence-corrected chi connectivity index (χ3v) is 1.50. The van der Waals surface area contributed by atoms with Crippen LogP contribution in [-0.2, 0) is 0 Å². The molecule has 0 aliphatic carbocycles. The minimum atomic E-state index is 0.0152. The van der Waals surface area contributed by atoms with Crippen molar-refractivity contribution in [1.82, 2.24) is 0 Å². The smallest absolute Gasteiger partial charge is 0.176 e. The minimum absolute atomic E-state index is 0.0152. The number of rotatable bonds is 2. The van der Waals surface area contributed by atoms with Gasteiger partial charge in [-0.05, 0) is 12.1 Å². The van der Waals surface area contributed by atoms with E-state index in [0.29, 0.717) is 11.3 Å². The average Bonchev–Trinajstić information content (AvgIpc) is 2.18. The number of nitrogens with zero attached hydrogens (tertiary/aromatic N) is 2. The molecule has 68 valence electrons. The van der Waals surface area contributed by atoms with Gasteiger partial charge in [0.1, 0.15) is 5.75 Å². The van der Waals surface area contributed by atoms with E-state index in [2.05, 4.69) is 10.3 Å². The van der Waals surface area contributed by atoms with Crippen molar-refractivity contribution in [2.75, 3.05) is 7.11 Å². The lowest BCUT2D eigenvalue weighted by molar-refractivity contribution is 0.414. The van der Waals surface area contributed by atoms with Crippen molar-refractivity contribution in [3.63, 3.8) is 0 Å². The maximum atomic E-state index is 7.41. The Morgan fingerprint density at radius 3 is 2.92 bits per heavy atom. The monoisotopic (exact) mass is 178 g/mol. The molecule has 0 aliphatic rings. The zero-order chi connectivity index (χ0) is 9.68. The predicted octanol–water partition coefficient (Wildman–Crippen LogP) is 1.35. The Morgan fingerprint density at radius 2 is 2.31 bits per heavy atom. The van der Waals surface area contributed by atoms with Gasteiger partial charge in [-0.25, -0.2) is 0 Å². The van der Waals surface area contributed by atoms with Crippen LogP contribution in [0.15, 0.2) is 34.6 Å². The summed E-state index contributed by atoms with van der Waals surface area (Å²) in [5, 5.41) is 13.8. The van der Waals surface area contributed by atoms with Crippen LogP contribution < -0.4 is 10.6 Å². The minimum Gasteiger partial charge on any atom is -0.497 e. The van der Waals surface area contributed by atoms with Crippen LogP contribution in [0.25, 0.3) is 0 Å². The van der Waals surface area contributed by atoms with E-state index in [9.17, 15) is 0 Å². The number of benzene rings is 1. The second kappa shape index (κ2) is 4.20. The molecular formula is C8H10N4O. The van der Waals surface area contributed by atoms with E-state index >= 15 is 0 Å². The standard InChI is InChI=1S/C8H10N4O/c1-13-7-4-2-3-6(5-7)8(9)11-12-10/h2-5H,1H3,(H3,9,10,11). The molecule has 1 rings (SSSR count). The molecule has 0 unspecified atom stereocenters. The Kier molecular flexibility index (Phi) is 2.97. The largest absolute Gasteiger partial charge is 0.497 e. The second-order valence-electron chi connectivity index (χ2n) is 2.30. The maximum absolute atomic E-state index is 7.41. The van der Waals surface area contributed by atoms with Gasteiger partial charge in [0.2, 0.25) is 0 Å². The second-order valence-corrected chi connectivity index (χ2v) is 2.30. The third-order valence-electron chi connectivity index (χ3n) is 1.50. The van der Waals surface area contributed by atoms with Gasteiger partial charge in [-0.1, -0.05) is 17.4 Å². The quantitative estimate of drug-likeness (QED) is 0.235. The highest BCUT2D eigenvalue weighted by Crippen LogP contribution is 2.13. The van der Waals surface area contributed by atoms with Crippen LogP contribution in [0.4, 0.5) is 0 Å². The third kappa shape index (κ3) is 2.26. The van der Waals surface area contributed by atoms with E-state index in [4.69, 9.17) is 16.0 Å². The predicted molar refractivity (Wildman–Crippen MR) is 48.9 cm³/mol. The molecule has 5 heteroatoms. The zero-order valence-electron chi connectivity index (χ0n) is 7.19. The number of ether oxygens (including phenoxy) is 1. The van der Waals surface area contributed by atoms with Gasteiger partial charge in [0.25, 0.3) is 0 Å². The Bertz CT molecular complexity index is 335. The normalized spacial score (nSPS) is 10.2. The molecule has 0 saturated carbocycles. The van der Waals surface area contributed by atoms with Gasteiger partial charge in [-0.3, -0.25) is 5.41 Å². The Balaban J connectivity index is 2.94. The van der Waals surface area contributed by atoms with E-state index < -0.39 is 0 Å². The van der Waals surface area contributed by atoms with Gasteiger partial charge in [-0.2, -0.15) is 0 Å². The van der Waals surface area contributed by atoms with Crippen molar-refractivity contribution in [3.05, 3.63) is 29.8 Å². The lowest BCUT2D eigenvalue weighted by Gasteiger charge is -2.00. The Hall–Kier alpha value is -1.91. The number of hydrogen-bond acceptors (Lipinski definition) is 3. The fraction of sp³-hybridized carbons (Fsp3) is 0.125. The van der Waals surface area contributed by atoms with Crippen molar-refractivity contribution >= 4 is 5.84 Å². The number of amidine groups is 1. The summed E-state index contributed by atoms with van der Waals surface area (Å²) in [4.78, 5) is 0. The molecule has 0 heterocycles. The summed E-state index contributed by atoms with van der Waals surface area (Å²) in [7, 11) is 1.56. The average molecular weight is 178 g/mol. The van der Waals surface area contributed by atoms with Gasteiger partial charge < -0.3 is 10.6 Å². The van der Waals surface area contributed by atoms with Crippen LogP contribution in [0.3, 0.4) is 0 Å². The van der Waals surface area contributed by atoms with Gasteiger partial charge >= 0.3 is 0 Å². The zero-order valence-corrected chi connectivity index (χ0v) is 7.19. The first-order valence-corrected chi connectivity index (χ1v) is 3.62. The lowest BCUT2D eigenvalue weighted by atomic mass is 10.2. The van der Waals surface area contributed by atoms with Crippen molar-refractivity contribution in [2.24, 2.45) is 16.2 Å². The van der Waals surface area contributed by atoms with E-state index in [1.807, 2.05) is 0 Å². The number of hydrogen-bond donors (Lipinski definition) is 2. The van der Waals surface area contributed by atoms with E-state index in [1.54, 1.807) is 31.4 Å². The van der Waals surface area contributed by atoms with Crippen LogP contribution >= 0.6 is 0 Å². The summed E-state index contributed by atoms with van der Waals surface area (Å²) in [6.07, 6.45) is 0. The molecule has 0 atom stereocenters. The number of methoxy groups -OCH3 is 1. The molecule has 3 N–H and O–H groups in total. The van der Waals surface area contributed by atoms with Crippen molar-refractivity contribution in [3.8, 4) is 5.75 Å². The molecule has 0 aromatic heterocycles. The highest BCUT2D eigenvalue weighted by molar-refractivity contribution is 5.96. The molecule has 5 nitrogen and oxygen atoms in total. The Labute approximate surface area is 75.7 Å². The summed E-state index contributed by atoms with van der Waals surface area (Å²) in [5.74, 6) is 5.51. The molecule has 0 spiro atoms. The molecular weight excluding hydrogens is 168 g/mol. The lowest BCUT2D eigenvalue weighted by Crippen LogP contribution is -1.95. The molecule has 0 radical (unpaired) electrons. The summed E-state index contributed by atoms with van der Waals surface area (Å²) >= 11 is 0. The molecule has 0 fully saturated rings. The fourth-order valence-corrected chi connectivity index (χ4v) is 0.886. The fourth-order valence-electron chi connectivity index (χ4n) is 0.886. The van der Waals surface area contributed by atoms with Crippen LogP contribution in [-0.4, -0.2) is 12.9 Å². The molecule has 1 aromatic rings. The summed E-state index contributed by atoms with van der Waals surface area (Å²) in [6, 6.07) is 6.99. The molecule has 13 heavy (non-hydrogen) atoms. The molecule has 0 bridgehead atoms. The first kappa shape index (κ1) is 9.18. The first-order chi connectivity index (χ1) is 6.27. The summed E-state index contributed by atoms with van der Waals surface area (Å²) in [5.41, 5.74) is 0.619. The topological polar surface area (TPSA) is 83.8 Å². The van der Waals surface area contributed by atoms with Gasteiger partial charge in [-0.15, -0.1) is 5.11 Å². The maximum Gasteiger partial charge on any atom is 0.176 e. The van der Waals surface area contributed by atoms with E-state index in [0.717, 1.165) is 0 Å². The van der Waals surface area contributed by atoms with Gasteiger partial charge in [0.05, 0.1) is 7.11 Å². The molecule has 0 amide bonds. The summed E-state index contributed by atoms with van der Waals surface area (Å²) < 4.78 is 4.98. The van der Waals surface area contributed by atoms with Crippen molar-refractivity contribution < 1.29 is 4.74 Å². The van der Waals surface area contributed by atoms with Gasteiger partial charge in [0.15, 0.2) is 5.84 Å². The van der Waals surface area contributed by atoms with Crippen LogP contribution in [0.5, 0.6) is 5.75 Å². The number of nitrogens with one attached hydrogen (secondary N) is 1. The summed E-state index contributed by atoms with van der Waals surface area (Å²) in [6.45, 7) is 0. The Morgan fingerprint density at radius 1 is 1.54 bits per heavy atom. The van der Waals surface area contributed by atoms with Crippen LogP contribution in [0, 0.1) is 5.41 Å². The van der Waals surface area contributed by atoms with Crippen LogP contribution in [0.1, 0.15) is 5.56 Å². The SMILES string of the molecule is COc1cccc(C(=N)N=NN)c1. The first-order valence-electron chi connectivity index (χ1n) is 3.62. The highest BCUT2D eigenvalue weighted by atomic mass is 16.5. The van der Waals surface area contributed by atoms with Crippen molar-refractivity contribution in [2.45, 2.75) is 0 Å². The van der Waals surface area contributed by atoms with E-state index in [1.165, 1.54) is 0 Å². The molecule has 1 aromatic carbocycles. The molecule has 0 aliphatic heterocycles. The van der Waals surface area contributed by atoms with Gasteiger partial charge in [0, 0.05) is 5.56 Å². The van der Waals surface area contributed by atoms with E-state index in [-0.39, 0.29) is 5.84 Å². The van der Waals surface area contributed by atoms with Crippen molar-refractivity contribution in [1.29, 1.82) is 5.41 Å². The molecule has 0 saturated heterocycles. The van der Waals surface area contributed by atoms with Crippen LogP contribution in [0.2, 0.25) is 0 Å². The highest BCUT2D eigenvalue weighted by Gasteiger charge is 2.00. The number of nitrogens with two attached hydrogens (primary N) is 1.